The summed E-state index contributed by atoms with van der Waals surface area (Å²) in [4.78, 5) is 15.3. The number of thiophene rings is 2. The topological polar surface area (TPSA) is 52.9 Å². The maximum atomic E-state index is 12.9. The molecule has 0 saturated heterocycles. The molecular weight excluding hydrogens is 348 g/mol. The molecule has 4 rings (SSSR count). The first-order valence-electron chi connectivity index (χ1n) is 8.18. The highest BCUT2D eigenvalue weighted by atomic mass is 32.1. The smallest absolute Gasteiger partial charge is 0.257 e. The molecule has 0 radical (unpaired) electrons. The molecule has 3 aromatic rings. The molecule has 0 spiro atoms. The average Bonchev–Trinajstić information content (AvgIpc) is 3.29. The molecular formula is C20H16N2OS2. The Bertz CT molecular complexity index is 993. The monoisotopic (exact) mass is 364 g/mol. The number of fused-ring (bicyclic) bond motifs is 1. The van der Waals surface area contributed by atoms with Gasteiger partial charge in [-0.15, -0.1) is 22.7 Å². The van der Waals surface area contributed by atoms with Crippen molar-refractivity contribution in [2.45, 2.75) is 26.2 Å². The molecule has 1 N–H and O–H groups in total. The van der Waals surface area contributed by atoms with Crippen molar-refractivity contribution < 1.29 is 4.79 Å². The molecule has 3 nitrogen and oxygen atoms in total. The van der Waals surface area contributed by atoms with E-state index in [2.05, 4.69) is 11.4 Å². The molecule has 0 fully saturated rings. The summed E-state index contributed by atoms with van der Waals surface area (Å²) in [6.07, 6.45) is 3.06. The van der Waals surface area contributed by atoms with Crippen LogP contribution in [0.3, 0.4) is 0 Å². The van der Waals surface area contributed by atoms with Crippen LogP contribution in [-0.4, -0.2) is 5.91 Å². The number of carbonyl (C=O) groups excluding carboxylic acids is 1. The van der Waals surface area contributed by atoms with Crippen molar-refractivity contribution in [1.29, 1.82) is 5.26 Å². The maximum absolute atomic E-state index is 12.9. The summed E-state index contributed by atoms with van der Waals surface area (Å²) >= 11 is 3.13. The number of hydrogen-bond donors (Lipinski definition) is 1. The van der Waals surface area contributed by atoms with Crippen molar-refractivity contribution in [2.24, 2.45) is 0 Å². The quantitative estimate of drug-likeness (QED) is 0.677. The van der Waals surface area contributed by atoms with Crippen molar-refractivity contribution in [1.82, 2.24) is 0 Å². The van der Waals surface area contributed by atoms with E-state index in [-0.39, 0.29) is 5.91 Å². The third-order valence-corrected chi connectivity index (χ3v) is 6.66. The van der Waals surface area contributed by atoms with E-state index in [0.29, 0.717) is 16.1 Å². The Balaban J connectivity index is 1.69. The van der Waals surface area contributed by atoms with Gasteiger partial charge in [0, 0.05) is 20.7 Å². The zero-order valence-corrected chi connectivity index (χ0v) is 15.4. The van der Waals surface area contributed by atoms with Gasteiger partial charge in [-0.2, -0.15) is 5.26 Å². The van der Waals surface area contributed by atoms with E-state index in [1.165, 1.54) is 4.88 Å². The SMILES string of the molecule is Cc1scc(C(=O)Nc2sc3c(c2C#N)CCC3)c1-c1ccccc1. The molecule has 1 amide bonds. The zero-order valence-electron chi connectivity index (χ0n) is 13.8. The minimum absolute atomic E-state index is 0.139. The molecule has 2 heterocycles. The molecule has 25 heavy (non-hydrogen) atoms. The number of benzene rings is 1. The number of nitrogens with zero attached hydrogens (tertiary/aromatic N) is 1. The largest absolute Gasteiger partial charge is 0.312 e. The van der Waals surface area contributed by atoms with Crippen molar-refractivity contribution in [3.63, 3.8) is 0 Å². The Hall–Kier alpha value is -2.42. The molecule has 1 aliphatic rings. The summed E-state index contributed by atoms with van der Waals surface area (Å²) in [7, 11) is 0. The summed E-state index contributed by atoms with van der Waals surface area (Å²) in [5.74, 6) is -0.139. The van der Waals surface area contributed by atoms with Gasteiger partial charge < -0.3 is 5.32 Å². The van der Waals surface area contributed by atoms with Crippen LogP contribution in [-0.2, 0) is 12.8 Å². The Morgan fingerprint density at radius 2 is 2.04 bits per heavy atom. The highest BCUT2D eigenvalue weighted by Gasteiger charge is 2.24. The molecule has 1 aliphatic carbocycles. The first kappa shape index (κ1) is 16.1. The molecule has 0 aliphatic heterocycles. The number of anilines is 1. The fourth-order valence-corrected chi connectivity index (χ4v) is 5.47. The average molecular weight is 364 g/mol. The van der Waals surface area contributed by atoms with Gasteiger partial charge in [0.2, 0.25) is 0 Å². The van der Waals surface area contributed by atoms with Crippen LogP contribution in [0.1, 0.15) is 37.7 Å². The van der Waals surface area contributed by atoms with E-state index in [1.807, 2.05) is 42.6 Å². The van der Waals surface area contributed by atoms with Gasteiger partial charge in [-0.3, -0.25) is 4.79 Å². The first-order valence-corrected chi connectivity index (χ1v) is 9.88. The second-order valence-electron chi connectivity index (χ2n) is 6.07. The lowest BCUT2D eigenvalue weighted by atomic mass is 10.0. The minimum Gasteiger partial charge on any atom is -0.312 e. The van der Waals surface area contributed by atoms with Gasteiger partial charge in [0.05, 0.1) is 11.1 Å². The lowest BCUT2D eigenvalue weighted by Gasteiger charge is -2.07. The van der Waals surface area contributed by atoms with Crippen LogP contribution < -0.4 is 5.32 Å². The van der Waals surface area contributed by atoms with E-state index < -0.39 is 0 Å². The number of carbonyl (C=O) groups is 1. The number of rotatable bonds is 3. The summed E-state index contributed by atoms with van der Waals surface area (Å²) in [5, 5.41) is 15.1. The number of amides is 1. The lowest BCUT2D eigenvalue weighted by Crippen LogP contribution is -2.12. The number of aryl methyl sites for hydroxylation is 2. The Labute approximate surface area is 154 Å². The lowest BCUT2D eigenvalue weighted by molar-refractivity contribution is 0.102. The minimum atomic E-state index is -0.139. The van der Waals surface area contributed by atoms with Gasteiger partial charge in [-0.25, -0.2) is 0 Å². The highest BCUT2D eigenvalue weighted by molar-refractivity contribution is 7.16. The van der Waals surface area contributed by atoms with Gasteiger partial charge in [-0.1, -0.05) is 30.3 Å². The molecule has 5 heteroatoms. The Morgan fingerprint density at radius 1 is 1.24 bits per heavy atom. The maximum Gasteiger partial charge on any atom is 0.257 e. The molecule has 2 aromatic heterocycles. The summed E-state index contributed by atoms with van der Waals surface area (Å²) < 4.78 is 0. The van der Waals surface area contributed by atoms with Crippen LogP contribution in [0.5, 0.6) is 0 Å². The zero-order chi connectivity index (χ0) is 17.4. The number of nitriles is 1. The third kappa shape index (κ3) is 2.78. The van der Waals surface area contributed by atoms with E-state index in [9.17, 15) is 10.1 Å². The van der Waals surface area contributed by atoms with Crippen LogP contribution in [0.4, 0.5) is 5.00 Å². The van der Waals surface area contributed by atoms with E-state index in [1.54, 1.807) is 22.7 Å². The van der Waals surface area contributed by atoms with Gasteiger partial charge >= 0.3 is 0 Å². The van der Waals surface area contributed by atoms with Crippen LogP contribution in [0.2, 0.25) is 0 Å². The molecule has 124 valence electrons. The summed E-state index contributed by atoms with van der Waals surface area (Å²) in [6.45, 7) is 2.03. The molecule has 0 saturated carbocycles. The standard InChI is InChI=1S/C20H16N2OS2/c1-12-18(13-6-3-2-4-7-13)16(11-24-12)19(23)22-20-15(10-21)14-8-5-9-17(14)25-20/h2-4,6-7,11H,5,8-9H2,1H3,(H,22,23). The van der Waals surface area contributed by atoms with E-state index >= 15 is 0 Å². The van der Waals surface area contributed by atoms with Crippen LogP contribution in [0.15, 0.2) is 35.7 Å². The van der Waals surface area contributed by atoms with Gasteiger partial charge in [-0.05, 0) is 37.3 Å². The highest BCUT2D eigenvalue weighted by Crippen LogP contribution is 2.39. The van der Waals surface area contributed by atoms with Crippen LogP contribution >= 0.6 is 22.7 Å². The Kier molecular flexibility index (Phi) is 4.16. The second kappa shape index (κ2) is 6.47. The van der Waals surface area contributed by atoms with Gasteiger partial charge in [0.1, 0.15) is 11.1 Å². The Morgan fingerprint density at radius 3 is 2.80 bits per heavy atom. The van der Waals surface area contributed by atoms with Crippen molar-refractivity contribution in [2.75, 3.05) is 5.32 Å². The van der Waals surface area contributed by atoms with Crippen molar-refractivity contribution in [3.05, 3.63) is 62.2 Å². The van der Waals surface area contributed by atoms with Crippen LogP contribution in [0.25, 0.3) is 11.1 Å². The van der Waals surface area contributed by atoms with Crippen molar-refractivity contribution >= 4 is 33.6 Å². The van der Waals surface area contributed by atoms with Gasteiger partial charge in [0.15, 0.2) is 0 Å². The molecule has 1 aromatic carbocycles. The van der Waals surface area contributed by atoms with Gasteiger partial charge in [0.25, 0.3) is 5.91 Å². The predicted octanol–water partition coefficient (Wildman–Crippen LogP) is 5.40. The van der Waals surface area contributed by atoms with E-state index in [0.717, 1.165) is 40.8 Å². The second-order valence-corrected chi connectivity index (χ2v) is 8.26. The third-order valence-electron chi connectivity index (χ3n) is 4.54. The van der Waals surface area contributed by atoms with Crippen LogP contribution in [0, 0.1) is 18.3 Å². The molecule has 0 bridgehead atoms. The normalized spacial score (nSPS) is 12.6. The molecule has 0 unspecified atom stereocenters. The van der Waals surface area contributed by atoms with Crippen molar-refractivity contribution in [3.8, 4) is 17.2 Å². The first-order chi connectivity index (χ1) is 12.2. The fraction of sp³-hybridized carbons (Fsp3) is 0.200. The van der Waals surface area contributed by atoms with E-state index in [4.69, 9.17) is 0 Å². The summed E-state index contributed by atoms with van der Waals surface area (Å²) in [6, 6.07) is 12.2. The summed E-state index contributed by atoms with van der Waals surface area (Å²) in [5.41, 5.74) is 4.48. The molecule has 0 atom stereocenters. The predicted molar refractivity (Wildman–Crippen MR) is 104 cm³/mol. The number of hydrogen-bond acceptors (Lipinski definition) is 4. The fourth-order valence-electron chi connectivity index (χ4n) is 3.37. The number of nitrogens with one attached hydrogen (secondary N) is 1.